The van der Waals surface area contributed by atoms with E-state index in [4.69, 9.17) is 0 Å². The van der Waals surface area contributed by atoms with Crippen molar-refractivity contribution in [1.82, 2.24) is 25.5 Å². The van der Waals surface area contributed by atoms with Gasteiger partial charge in [0.1, 0.15) is 0 Å². The van der Waals surface area contributed by atoms with Crippen LogP contribution in [0.3, 0.4) is 0 Å². The van der Waals surface area contributed by atoms with E-state index in [2.05, 4.69) is 20.8 Å². The number of hydrogen-bond acceptors (Lipinski definition) is 4. The Morgan fingerprint density at radius 3 is 2.76 bits per heavy atom. The van der Waals surface area contributed by atoms with Crippen molar-refractivity contribution in [3.63, 3.8) is 0 Å². The van der Waals surface area contributed by atoms with Gasteiger partial charge < -0.3 is 5.32 Å². The quantitative estimate of drug-likeness (QED) is 0.812. The molecule has 2 fully saturated rings. The van der Waals surface area contributed by atoms with Gasteiger partial charge in [-0.25, -0.2) is 4.68 Å². The lowest BCUT2D eigenvalue weighted by atomic mass is 10.0. The molecule has 1 aromatic rings. The highest BCUT2D eigenvalue weighted by atomic mass is 15.5. The molecule has 0 radical (unpaired) electrons. The smallest absolute Gasteiger partial charge is 0.165 e. The summed E-state index contributed by atoms with van der Waals surface area (Å²) in [5.41, 5.74) is 0. The van der Waals surface area contributed by atoms with Gasteiger partial charge in [0, 0.05) is 12.6 Å². The molecule has 0 aliphatic heterocycles. The van der Waals surface area contributed by atoms with Gasteiger partial charge in [-0.3, -0.25) is 0 Å². The zero-order valence-electron chi connectivity index (χ0n) is 10.3. The minimum atomic E-state index is 0.718. The number of hydrogen-bond donors (Lipinski definition) is 1. The Bertz CT molecular complexity index is 352. The van der Waals surface area contributed by atoms with Crippen molar-refractivity contribution < 1.29 is 0 Å². The molecule has 1 aromatic heterocycles. The van der Waals surface area contributed by atoms with Crippen LogP contribution in [0.4, 0.5) is 0 Å². The highest BCUT2D eigenvalue weighted by molar-refractivity contribution is 4.87. The summed E-state index contributed by atoms with van der Waals surface area (Å²) in [5.74, 6) is 1.90. The number of rotatable bonds is 6. The second-order valence-corrected chi connectivity index (χ2v) is 5.41. The molecule has 5 heteroatoms. The molecule has 0 atom stereocenters. The minimum Gasteiger partial charge on any atom is -0.307 e. The lowest BCUT2D eigenvalue weighted by Crippen LogP contribution is -2.20. The van der Waals surface area contributed by atoms with Crippen LogP contribution in [0.1, 0.15) is 50.8 Å². The predicted molar refractivity (Wildman–Crippen MR) is 64.3 cm³/mol. The van der Waals surface area contributed by atoms with E-state index in [1.807, 2.05) is 4.68 Å². The first-order chi connectivity index (χ1) is 8.42. The number of tetrazole rings is 1. The Labute approximate surface area is 102 Å². The Hall–Kier alpha value is -0.970. The summed E-state index contributed by atoms with van der Waals surface area (Å²) in [6.45, 7) is 1.81. The van der Waals surface area contributed by atoms with Crippen molar-refractivity contribution in [2.45, 2.75) is 64.1 Å². The van der Waals surface area contributed by atoms with Crippen LogP contribution in [0.5, 0.6) is 0 Å². The topological polar surface area (TPSA) is 55.6 Å². The predicted octanol–water partition coefficient (Wildman–Crippen LogP) is 1.51. The SMILES string of the molecule is C1CCC(CCn2nnnc2CNC2CC2)C1. The van der Waals surface area contributed by atoms with Crippen LogP contribution in [-0.2, 0) is 13.1 Å². The summed E-state index contributed by atoms with van der Waals surface area (Å²) >= 11 is 0. The maximum absolute atomic E-state index is 4.10. The number of aryl methyl sites for hydroxylation is 1. The Kier molecular flexibility index (Phi) is 3.36. The Morgan fingerprint density at radius 2 is 2.00 bits per heavy atom. The molecule has 2 aliphatic rings. The summed E-state index contributed by atoms with van der Waals surface area (Å²) in [6, 6.07) is 0.718. The first-order valence-electron chi connectivity index (χ1n) is 6.90. The van der Waals surface area contributed by atoms with E-state index in [0.717, 1.165) is 30.9 Å². The maximum atomic E-state index is 4.10. The van der Waals surface area contributed by atoms with E-state index in [0.29, 0.717) is 0 Å². The summed E-state index contributed by atoms with van der Waals surface area (Å²) in [4.78, 5) is 0. The van der Waals surface area contributed by atoms with Gasteiger partial charge in [0.25, 0.3) is 0 Å². The van der Waals surface area contributed by atoms with Crippen LogP contribution in [0, 0.1) is 5.92 Å². The van der Waals surface area contributed by atoms with Crippen LogP contribution in [0.25, 0.3) is 0 Å². The lowest BCUT2D eigenvalue weighted by Gasteiger charge is -2.09. The monoisotopic (exact) mass is 235 g/mol. The van der Waals surface area contributed by atoms with Gasteiger partial charge in [-0.05, 0) is 35.6 Å². The molecule has 1 heterocycles. The fourth-order valence-corrected chi connectivity index (χ4v) is 2.65. The van der Waals surface area contributed by atoms with E-state index in [1.165, 1.54) is 44.9 Å². The highest BCUT2D eigenvalue weighted by Crippen LogP contribution is 2.27. The van der Waals surface area contributed by atoms with Gasteiger partial charge in [0.05, 0.1) is 6.54 Å². The second-order valence-electron chi connectivity index (χ2n) is 5.41. The van der Waals surface area contributed by atoms with Crippen LogP contribution in [0.15, 0.2) is 0 Å². The zero-order chi connectivity index (χ0) is 11.5. The molecule has 2 saturated carbocycles. The molecular formula is C12H21N5. The molecule has 0 spiro atoms. The Balaban J connectivity index is 1.48. The number of nitrogens with zero attached hydrogens (tertiary/aromatic N) is 4. The molecule has 0 unspecified atom stereocenters. The van der Waals surface area contributed by atoms with Crippen molar-refractivity contribution >= 4 is 0 Å². The second kappa shape index (κ2) is 5.12. The fourth-order valence-electron chi connectivity index (χ4n) is 2.65. The largest absolute Gasteiger partial charge is 0.307 e. The van der Waals surface area contributed by atoms with Crippen molar-refractivity contribution in [3.05, 3.63) is 5.82 Å². The fraction of sp³-hybridized carbons (Fsp3) is 0.917. The average molecular weight is 235 g/mol. The van der Waals surface area contributed by atoms with Gasteiger partial charge in [0.2, 0.25) is 0 Å². The van der Waals surface area contributed by atoms with Gasteiger partial charge in [-0.15, -0.1) is 5.10 Å². The number of aromatic nitrogens is 4. The third-order valence-electron chi connectivity index (χ3n) is 3.96. The van der Waals surface area contributed by atoms with Crippen molar-refractivity contribution in [2.75, 3.05) is 0 Å². The maximum Gasteiger partial charge on any atom is 0.165 e. The van der Waals surface area contributed by atoms with E-state index in [-0.39, 0.29) is 0 Å². The van der Waals surface area contributed by atoms with Gasteiger partial charge in [0.15, 0.2) is 5.82 Å². The van der Waals surface area contributed by atoms with Crippen LogP contribution >= 0.6 is 0 Å². The van der Waals surface area contributed by atoms with Crippen LogP contribution in [-0.4, -0.2) is 26.2 Å². The molecule has 0 amide bonds. The molecular weight excluding hydrogens is 214 g/mol. The van der Waals surface area contributed by atoms with Crippen LogP contribution in [0.2, 0.25) is 0 Å². The minimum absolute atomic E-state index is 0.718. The summed E-state index contributed by atoms with van der Waals surface area (Å²) in [6.07, 6.45) is 9.48. The molecule has 17 heavy (non-hydrogen) atoms. The highest BCUT2D eigenvalue weighted by Gasteiger charge is 2.21. The van der Waals surface area contributed by atoms with E-state index >= 15 is 0 Å². The zero-order valence-corrected chi connectivity index (χ0v) is 10.3. The molecule has 0 saturated heterocycles. The molecule has 0 aromatic carbocycles. The third-order valence-corrected chi connectivity index (χ3v) is 3.96. The molecule has 94 valence electrons. The van der Waals surface area contributed by atoms with E-state index in [9.17, 15) is 0 Å². The normalized spacial score (nSPS) is 21.2. The molecule has 2 aliphatic carbocycles. The number of nitrogens with one attached hydrogen (secondary N) is 1. The van der Waals surface area contributed by atoms with Crippen molar-refractivity contribution in [2.24, 2.45) is 5.92 Å². The first-order valence-corrected chi connectivity index (χ1v) is 6.90. The van der Waals surface area contributed by atoms with E-state index < -0.39 is 0 Å². The molecule has 5 nitrogen and oxygen atoms in total. The van der Waals surface area contributed by atoms with Gasteiger partial charge in [-0.2, -0.15) is 0 Å². The average Bonchev–Trinajstić information content (AvgIpc) is 2.86. The lowest BCUT2D eigenvalue weighted by molar-refractivity contribution is 0.423. The van der Waals surface area contributed by atoms with Crippen LogP contribution < -0.4 is 5.32 Å². The summed E-state index contributed by atoms with van der Waals surface area (Å²) < 4.78 is 1.98. The van der Waals surface area contributed by atoms with E-state index in [1.54, 1.807) is 0 Å². The third kappa shape index (κ3) is 3.03. The molecule has 3 rings (SSSR count). The standard InChI is InChI=1S/C12H21N5/c1-2-4-10(3-1)7-8-17-12(14-15-16-17)9-13-11-5-6-11/h10-11,13H,1-9H2. The molecule has 1 N–H and O–H groups in total. The van der Waals surface area contributed by atoms with Crippen molar-refractivity contribution in [1.29, 1.82) is 0 Å². The summed E-state index contributed by atoms with van der Waals surface area (Å²) in [5, 5.41) is 15.4. The summed E-state index contributed by atoms with van der Waals surface area (Å²) in [7, 11) is 0. The molecule has 0 bridgehead atoms. The first kappa shape index (κ1) is 11.1. The Morgan fingerprint density at radius 1 is 1.18 bits per heavy atom. The van der Waals surface area contributed by atoms with Gasteiger partial charge in [-0.1, -0.05) is 25.7 Å². The van der Waals surface area contributed by atoms with Crippen molar-refractivity contribution in [3.8, 4) is 0 Å². The van der Waals surface area contributed by atoms with Gasteiger partial charge >= 0.3 is 0 Å².